The third kappa shape index (κ3) is 2.68. The van der Waals surface area contributed by atoms with E-state index in [-0.39, 0.29) is 23.0 Å². The van der Waals surface area contributed by atoms with Crippen LogP contribution in [-0.2, 0) is 0 Å². The third-order valence-corrected chi connectivity index (χ3v) is 2.61. The predicted molar refractivity (Wildman–Crippen MR) is 61.3 cm³/mol. The molecule has 16 heavy (non-hydrogen) atoms. The van der Waals surface area contributed by atoms with Crippen molar-refractivity contribution in [1.82, 2.24) is 10.2 Å². The molecule has 0 radical (unpaired) electrons. The lowest BCUT2D eigenvalue weighted by Crippen LogP contribution is -2.23. The Morgan fingerprint density at radius 3 is 2.12 bits per heavy atom. The van der Waals surface area contributed by atoms with E-state index < -0.39 is 0 Å². The first-order valence-electron chi connectivity index (χ1n) is 5.57. The smallest absolute Gasteiger partial charge is 0.283 e. The SMILES string of the molecule is CC(=O)c1nnc(C(C(C)C)C(C)(C)C)o1. The molecule has 0 amide bonds. The van der Waals surface area contributed by atoms with E-state index in [1.165, 1.54) is 6.92 Å². The van der Waals surface area contributed by atoms with Gasteiger partial charge in [-0.25, -0.2) is 0 Å². The highest BCUT2D eigenvalue weighted by Gasteiger charge is 2.33. The van der Waals surface area contributed by atoms with Gasteiger partial charge in [-0.2, -0.15) is 0 Å². The Morgan fingerprint density at radius 2 is 1.81 bits per heavy atom. The molecule has 0 bridgehead atoms. The molecule has 0 spiro atoms. The van der Waals surface area contributed by atoms with Crippen LogP contribution in [0.15, 0.2) is 4.42 Å². The van der Waals surface area contributed by atoms with Gasteiger partial charge >= 0.3 is 0 Å². The van der Waals surface area contributed by atoms with E-state index in [2.05, 4.69) is 44.8 Å². The molecule has 1 aromatic heterocycles. The second kappa shape index (κ2) is 4.36. The molecule has 0 aliphatic carbocycles. The van der Waals surface area contributed by atoms with E-state index in [0.29, 0.717) is 11.8 Å². The van der Waals surface area contributed by atoms with Gasteiger partial charge in [-0.15, -0.1) is 10.2 Å². The van der Waals surface area contributed by atoms with E-state index in [0.717, 1.165) is 0 Å². The highest BCUT2D eigenvalue weighted by atomic mass is 16.4. The van der Waals surface area contributed by atoms with Crippen LogP contribution in [0.3, 0.4) is 0 Å². The van der Waals surface area contributed by atoms with Gasteiger partial charge in [0.2, 0.25) is 11.7 Å². The second-order valence-corrected chi connectivity index (χ2v) is 5.59. The molecule has 0 aromatic carbocycles. The van der Waals surface area contributed by atoms with Crippen molar-refractivity contribution in [1.29, 1.82) is 0 Å². The quantitative estimate of drug-likeness (QED) is 0.740. The molecule has 0 fully saturated rings. The normalized spacial score (nSPS) is 14.2. The lowest BCUT2D eigenvalue weighted by molar-refractivity contribution is 0.0974. The van der Waals surface area contributed by atoms with Crippen LogP contribution in [0.1, 0.15) is 64.0 Å². The van der Waals surface area contributed by atoms with Crippen LogP contribution in [-0.4, -0.2) is 16.0 Å². The van der Waals surface area contributed by atoms with Crippen LogP contribution >= 0.6 is 0 Å². The molecule has 1 unspecified atom stereocenters. The number of ketones is 1. The number of Topliss-reactive ketones (excluding diaryl/α,β-unsaturated/α-hetero) is 1. The number of rotatable bonds is 3. The molecule has 4 heteroatoms. The van der Waals surface area contributed by atoms with E-state index in [4.69, 9.17) is 4.42 Å². The Bertz CT molecular complexity index is 375. The highest BCUT2D eigenvalue weighted by molar-refractivity contribution is 5.89. The van der Waals surface area contributed by atoms with Crippen molar-refractivity contribution in [3.63, 3.8) is 0 Å². The summed E-state index contributed by atoms with van der Waals surface area (Å²) in [4.78, 5) is 11.1. The molecular weight excluding hydrogens is 204 g/mol. The number of carbonyl (C=O) groups excluding carboxylic acids is 1. The van der Waals surface area contributed by atoms with Crippen LogP contribution in [0.5, 0.6) is 0 Å². The van der Waals surface area contributed by atoms with Gasteiger partial charge in [0.15, 0.2) is 0 Å². The van der Waals surface area contributed by atoms with Crippen molar-refractivity contribution in [3.05, 3.63) is 11.8 Å². The van der Waals surface area contributed by atoms with Crippen molar-refractivity contribution >= 4 is 5.78 Å². The molecule has 1 atom stereocenters. The summed E-state index contributed by atoms with van der Waals surface area (Å²) >= 11 is 0. The summed E-state index contributed by atoms with van der Waals surface area (Å²) in [7, 11) is 0. The minimum Gasteiger partial charge on any atom is -0.418 e. The molecule has 1 rings (SSSR count). The summed E-state index contributed by atoms with van der Waals surface area (Å²) in [5, 5.41) is 7.75. The van der Waals surface area contributed by atoms with Gasteiger partial charge in [0, 0.05) is 12.8 Å². The van der Waals surface area contributed by atoms with Crippen LogP contribution < -0.4 is 0 Å². The summed E-state index contributed by atoms with van der Waals surface area (Å²) in [6, 6.07) is 0. The Hall–Kier alpha value is -1.19. The maximum atomic E-state index is 11.1. The Morgan fingerprint density at radius 1 is 1.25 bits per heavy atom. The van der Waals surface area contributed by atoms with Crippen molar-refractivity contribution in [2.75, 3.05) is 0 Å². The van der Waals surface area contributed by atoms with Crippen molar-refractivity contribution in [3.8, 4) is 0 Å². The van der Waals surface area contributed by atoms with Gasteiger partial charge in [0.25, 0.3) is 5.89 Å². The molecular formula is C12H20N2O2. The fraction of sp³-hybridized carbons (Fsp3) is 0.750. The fourth-order valence-corrected chi connectivity index (χ4v) is 2.16. The van der Waals surface area contributed by atoms with Crippen LogP contribution in [0.4, 0.5) is 0 Å². The average molecular weight is 224 g/mol. The number of nitrogens with zero attached hydrogens (tertiary/aromatic N) is 2. The van der Waals surface area contributed by atoms with Gasteiger partial charge in [0.1, 0.15) is 0 Å². The summed E-state index contributed by atoms with van der Waals surface area (Å²) in [5.41, 5.74) is 0.0365. The molecule has 1 aromatic rings. The van der Waals surface area contributed by atoms with E-state index >= 15 is 0 Å². The van der Waals surface area contributed by atoms with E-state index in [1.54, 1.807) is 0 Å². The number of hydrogen-bond donors (Lipinski definition) is 0. The van der Waals surface area contributed by atoms with Gasteiger partial charge in [0.05, 0.1) is 0 Å². The van der Waals surface area contributed by atoms with Crippen molar-refractivity contribution < 1.29 is 9.21 Å². The van der Waals surface area contributed by atoms with E-state index in [9.17, 15) is 4.79 Å². The van der Waals surface area contributed by atoms with Crippen LogP contribution in [0.2, 0.25) is 0 Å². The summed E-state index contributed by atoms with van der Waals surface area (Å²) in [6.07, 6.45) is 0. The fourth-order valence-electron chi connectivity index (χ4n) is 2.16. The molecule has 0 aliphatic heterocycles. The number of hydrogen-bond acceptors (Lipinski definition) is 4. The second-order valence-electron chi connectivity index (χ2n) is 5.59. The zero-order chi connectivity index (χ0) is 12.5. The van der Waals surface area contributed by atoms with E-state index in [1.807, 2.05) is 0 Å². The largest absolute Gasteiger partial charge is 0.418 e. The molecule has 0 saturated carbocycles. The first-order chi connectivity index (χ1) is 7.23. The Kier molecular flexibility index (Phi) is 3.51. The Balaban J connectivity index is 3.08. The molecule has 1 heterocycles. The number of aromatic nitrogens is 2. The van der Waals surface area contributed by atoms with Gasteiger partial charge in [-0.05, 0) is 11.3 Å². The molecule has 0 N–H and O–H groups in total. The zero-order valence-corrected chi connectivity index (χ0v) is 10.9. The highest BCUT2D eigenvalue weighted by Crippen LogP contribution is 2.39. The topological polar surface area (TPSA) is 56.0 Å². The maximum Gasteiger partial charge on any atom is 0.283 e. The van der Waals surface area contributed by atoms with Gasteiger partial charge < -0.3 is 4.42 Å². The van der Waals surface area contributed by atoms with Crippen molar-refractivity contribution in [2.45, 2.75) is 47.5 Å². The first-order valence-corrected chi connectivity index (χ1v) is 5.57. The maximum absolute atomic E-state index is 11.1. The minimum atomic E-state index is -0.185. The van der Waals surface area contributed by atoms with Gasteiger partial charge in [-0.1, -0.05) is 34.6 Å². The summed E-state index contributed by atoms with van der Waals surface area (Å²) in [6.45, 7) is 12.1. The standard InChI is InChI=1S/C12H20N2O2/c1-7(2)9(12(4,5)6)11-14-13-10(16-11)8(3)15/h7,9H,1-6H3. The van der Waals surface area contributed by atoms with Crippen molar-refractivity contribution in [2.24, 2.45) is 11.3 Å². The average Bonchev–Trinajstić information content (AvgIpc) is 2.49. The van der Waals surface area contributed by atoms with Gasteiger partial charge in [-0.3, -0.25) is 4.79 Å². The number of carbonyl (C=O) groups is 1. The predicted octanol–water partition coefficient (Wildman–Crippen LogP) is 3.06. The summed E-state index contributed by atoms with van der Waals surface area (Å²) < 4.78 is 5.42. The van der Waals surface area contributed by atoms with Crippen LogP contribution in [0.25, 0.3) is 0 Å². The zero-order valence-electron chi connectivity index (χ0n) is 10.9. The lowest BCUT2D eigenvalue weighted by atomic mass is 9.74. The Labute approximate surface area is 96.4 Å². The minimum absolute atomic E-state index is 0.0365. The molecule has 0 saturated heterocycles. The monoisotopic (exact) mass is 224 g/mol. The molecule has 0 aliphatic rings. The molecule has 4 nitrogen and oxygen atoms in total. The lowest BCUT2D eigenvalue weighted by Gasteiger charge is -2.30. The first kappa shape index (κ1) is 12.9. The third-order valence-electron chi connectivity index (χ3n) is 2.61. The summed E-state index contributed by atoms with van der Waals surface area (Å²) in [5.74, 6) is 1.03. The molecule has 90 valence electrons. The van der Waals surface area contributed by atoms with Crippen LogP contribution in [0, 0.1) is 11.3 Å².